The van der Waals surface area contributed by atoms with Gasteiger partial charge in [0, 0.05) is 64.7 Å². The summed E-state index contributed by atoms with van der Waals surface area (Å²) in [5.74, 6) is -1.06. The smallest absolute Gasteiger partial charge is 0.369 e. The van der Waals surface area contributed by atoms with Crippen LogP contribution in [0.15, 0.2) is 60.8 Å². The molecule has 2 aromatic carbocycles. The minimum Gasteiger partial charge on any atom is -0.369 e. The van der Waals surface area contributed by atoms with Crippen molar-refractivity contribution in [2.24, 2.45) is 0 Å². The van der Waals surface area contributed by atoms with Crippen LogP contribution in [-0.4, -0.2) is 85.2 Å². The Morgan fingerprint density at radius 2 is 1.73 bits per heavy atom. The van der Waals surface area contributed by atoms with Gasteiger partial charge in [-0.15, -0.1) is 0 Å². The fraction of sp³-hybridized carbons (Fsp3) is 0.310. The van der Waals surface area contributed by atoms with Gasteiger partial charge in [0.15, 0.2) is 0 Å². The summed E-state index contributed by atoms with van der Waals surface area (Å²) in [4.78, 5) is 34.4. The Kier molecular flexibility index (Phi) is 8.58. The van der Waals surface area contributed by atoms with Crippen LogP contribution in [0.3, 0.4) is 0 Å². The fourth-order valence-electron chi connectivity index (χ4n) is 4.65. The molecule has 214 valence electrons. The Morgan fingerprint density at radius 3 is 2.29 bits per heavy atom. The molecule has 1 saturated heterocycles. The Balaban J connectivity index is 1.54. The first-order valence-corrected chi connectivity index (χ1v) is 13.0. The van der Waals surface area contributed by atoms with Crippen molar-refractivity contribution in [2.45, 2.75) is 11.7 Å². The van der Waals surface area contributed by atoms with Crippen LogP contribution in [-0.2, 0) is 15.1 Å². The molecule has 0 spiro atoms. The van der Waals surface area contributed by atoms with Gasteiger partial charge in [0.05, 0.1) is 16.1 Å². The van der Waals surface area contributed by atoms with E-state index < -0.39 is 17.6 Å². The summed E-state index contributed by atoms with van der Waals surface area (Å²) >= 11 is 6.35. The van der Waals surface area contributed by atoms with Gasteiger partial charge in [-0.25, -0.2) is 4.98 Å². The summed E-state index contributed by atoms with van der Waals surface area (Å²) in [6.07, 6.45) is -2.62. The lowest BCUT2D eigenvalue weighted by molar-refractivity contribution is -0.316. The number of carbonyl (C=O) groups is 2. The van der Waals surface area contributed by atoms with Crippen LogP contribution in [0.2, 0.25) is 5.02 Å². The van der Waals surface area contributed by atoms with Crippen LogP contribution in [0.4, 0.5) is 14.6 Å². The monoisotopic (exact) mass is 583 g/mol. The summed E-state index contributed by atoms with van der Waals surface area (Å²) in [5, 5.41) is 21.2. The number of ether oxygens (including phenoxy) is 1. The highest BCUT2D eigenvalue weighted by Crippen LogP contribution is 2.40. The van der Waals surface area contributed by atoms with E-state index in [4.69, 9.17) is 11.6 Å². The summed E-state index contributed by atoms with van der Waals surface area (Å²) in [5.41, 5.74) is -1.63. The van der Waals surface area contributed by atoms with E-state index in [2.05, 4.69) is 15.8 Å². The molecule has 1 fully saturated rings. The minimum atomic E-state index is -4.19. The summed E-state index contributed by atoms with van der Waals surface area (Å²) in [6, 6.07) is 15.7. The number of aliphatic hydroxyl groups is 1. The molecule has 1 aliphatic heterocycles. The maximum atomic E-state index is 14.8. The first-order valence-electron chi connectivity index (χ1n) is 12.6. The molecule has 0 saturated carbocycles. The average molecular weight is 584 g/mol. The summed E-state index contributed by atoms with van der Waals surface area (Å²) in [7, 11) is 3.98. The van der Waals surface area contributed by atoms with Crippen molar-refractivity contribution in [1.82, 2.24) is 14.8 Å². The maximum Gasteiger partial charge on any atom is 0.397 e. The van der Waals surface area contributed by atoms with Crippen LogP contribution >= 0.6 is 11.6 Å². The number of carbonyl (C=O) groups excluding carboxylic acids is 2. The van der Waals surface area contributed by atoms with Gasteiger partial charge in [-0.05, 0) is 23.8 Å². The van der Waals surface area contributed by atoms with Crippen molar-refractivity contribution in [3.63, 3.8) is 0 Å². The molecule has 1 aromatic heterocycles. The largest absolute Gasteiger partial charge is 0.397 e. The second-order valence-electron chi connectivity index (χ2n) is 9.68. The number of alkyl halides is 2. The van der Waals surface area contributed by atoms with Crippen molar-refractivity contribution >= 4 is 29.2 Å². The van der Waals surface area contributed by atoms with Crippen molar-refractivity contribution in [3.05, 3.63) is 82.5 Å². The molecular formula is C29H28ClF2N5O4. The molecule has 2 heterocycles. The number of pyridine rings is 1. The number of amides is 2. The number of benzene rings is 2. The molecule has 1 atom stereocenters. The van der Waals surface area contributed by atoms with Crippen molar-refractivity contribution in [2.75, 3.05) is 52.3 Å². The van der Waals surface area contributed by atoms with Gasteiger partial charge >= 0.3 is 6.11 Å². The van der Waals surface area contributed by atoms with Crippen LogP contribution in [0, 0.1) is 11.3 Å². The van der Waals surface area contributed by atoms with Crippen LogP contribution in [0.1, 0.15) is 21.5 Å². The van der Waals surface area contributed by atoms with Crippen molar-refractivity contribution in [1.29, 1.82) is 5.26 Å². The molecule has 0 aliphatic carbocycles. The lowest BCUT2D eigenvalue weighted by atomic mass is 9.90. The zero-order valence-electron chi connectivity index (χ0n) is 22.6. The van der Waals surface area contributed by atoms with Gasteiger partial charge in [-0.3, -0.25) is 9.59 Å². The summed E-state index contributed by atoms with van der Waals surface area (Å²) in [6.45, 7) is 0.366. The topological polar surface area (TPSA) is 110 Å². The number of hydrogen-bond acceptors (Lipinski definition) is 7. The zero-order chi connectivity index (χ0) is 29.9. The Hall–Kier alpha value is -4.11. The van der Waals surface area contributed by atoms with Gasteiger partial charge in [-0.2, -0.15) is 14.0 Å². The predicted octanol–water partition coefficient (Wildman–Crippen LogP) is 3.75. The van der Waals surface area contributed by atoms with E-state index in [-0.39, 0.29) is 48.2 Å². The number of piperazine rings is 1. The van der Waals surface area contributed by atoms with E-state index in [9.17, 15) is 28.7 Å². The number of anilines is 1. The van der Waals surface area contributed by atoms with Crippen LogP contribution in [0.25, 0.3) is 11.1 Å². The van der Waals surface area contributed by atoms with Gasteiger partial charge in [0.1, 0.15) is 11.9 Å². The highest BCUT2D eigenvalue weighted by Gasteiger charge is 2.62. The molecule has 0 bridgehead atoms. The van der Waals surface area contributed by atoms with E-state index in [1.807, 2.05) is 0 Å². The second-order valence-corrected chi connectivity index (χ2v) is 10.1. The zero-order valence-corrected chi connectivity index (χ0v) is 23.4. The molecule has 1 unspecified atom stereocenters. The van der Waals surface area contributed by atoms with E-state index in [1.54, 1.807) is 55.5 Å². The SMILES string of the molecule is COC(F)(F)C(O)(C(=O)N1CCN(c2ncc(-c3ccc(C(=O)N(C)C)c(Cl)c3)cc2C#N)CC1)c1ccccc1. The van der Waals surface area contributed by atoms with E-state index in [0.29, 0.717) is 22.5 Å². The molecule has 1 N–H and O–H groups in total. The van der Waals surface area contributed by atoms with Crippen molar-refractivity contribution in [3.8, 4) is 17.2 Å². The molecule has 41 heavy (non-hydrogen) atoms. The van der Waals surface area contributed by atoms with Crippen molar-refractivity contribution < 1.29 is 28.2 Å². The normalized spacial score (nSPS) is 15.2. The van der Waals surface area contributed by atoms with E-state index >= 15 is 0 Å². The molecule has 2 amide bonds. The molecule has 9 nitrogen and oxygen atoms in total. The van der Waals surface area contributed by atoms with Crippen LogP contribution < -0.4 is 4.90 Å². The third-order valence-corrected chi connectivity index (χ3v) is 7.28. The lowest BCUT2D eigenvalue weighted by Crippen LogP contribution is -2.61. The standard InChI is InChI=1S/C29H28ClF2N5O4/c1-35(2)26(38)23-10-9-19(16-24(23)30)21-15-20(17-33)25(34-18-21)36-11-13-37(14-12-36)27(39)28(40,29(31,32)41-3)22-7-5-4-6-8-22/h4-10,15-16,18,40H,11-14H2,1-3H3. The second kappa shape index (κ2) is 11.8. The number of hydrogen-bond donors (Lipinski definition) is 1. The highest BCUT2D eigenvalue weighted by atomic mass is 35.5. The number of methoxy groups -OCH3 is 1. The van der Waals surface area contributed by atoms with Gasteiger partial charge in [0.25, 0.3) is 17.4 Å². The number of rotatable bonds is 7. The van der Waals surface area contributed by atoms with Gasteiger partial charge in [-0.1, -0.05) is 48.0 Å². The highest BCUT2D eigenvalue weighted by molar-refractivity contribution is 6.34. The number of nitriles is 1. The number of aromatic nitrogens is 1. The number of nitrogens with zero attached hydrogens (tertiary/aromatic N) is 5. The molecule has 0 radical (unpaired) electrons. The Morgan fingerprint density at radius 1 is 1.07 bits per heavy atom. The maximum absolute atomic E-state index is 14.8. The molecular weight excluding hydrogens is 556 g/mol. The Labute approximate surface area is 241 Å². The fourth-order valence-corrected chi connectivity index (χ4v) is 4.91. The van der Waals surface area contributed by atoms with Gasteiger partial charge < -0.3 is 24.5 Å². The van der Waals surface area contributed by atoms with Crippen LogP contribution in [0.5, 0.6) is 0 Å². The summed E-state index contributed by atoms with van der Waals surface area (Å²) < 4.78 is 33.9. The van der Waals surface area contributed by atoms with Gasteiger partial charge in [0.2, 0.25) is 0 Å². The first-order chi connectivity index (χ1) is 19.4. The van der Waals surface area contributed by atoms with E-state index in [0.717, 1.165) is 12.0 Å². The molecule has 12 heteroatoms. The minimum absolute atomic E-state index is 0.000948. The average Bonchev–Trinajstić information content (AvgIpc) is 2.99. The molecule has 4 rings (SSSR count). The quantitative estimate of drug-likeness (QED) is 0.451. The third-order valence-electron chi connectivity index (χ3n) is 6.97. The lowest BCUT2D eigenvalue weighted by Gasteiger charge is -2.41. The number of halogens is 3. The Bertz CT molecular complexity index is 1490. The first kappa shape index (κ1) is 29.9. The van der Waals surface area contributed by atoms with E-state index in [1.165, 1.54) is 29.2 Å². The molecule has 3 aromatic rings. The molecule has 1 aliphatic rings. The third kappa shape index (κ3) is 5.59. The predicted molar refractivity (Wildman–Crippen MR) is 149 cm³/mol.